The summed E-state index contributed by atoms with van der Waals surface area (Å²) in [7, 11) is -0.823. The fourth-order valence-electron chi connectivity index (χ4n) is 3.80. The van der Waals surface area contributed by atoms with Crippen LogP contribution in [0, 0.1) is 5.82 Å². The fraction of sp³-hybridized carbons (Fsp3) is 0.409. The summed E-state index contributed by atoms with van der Waals surface area (Å²) in [5, 5.41) is 9.95. The zero-order valence-corrected chi connectivity index (χ0v) is 19.9. The molecule has 1 N–H and O–H groups in total. The van der Waals surface area contributed by atoms with Crippen LogP contribution in [0.5, 0.6) is 0 Å². The minimum Gasteiger partial charge on any atom is -0.481 e. The maximum atomic E-state index is 15.1. The molecular formula is C22H21BClFO4S2. The lowest BCUT2D eigenvalue weighted by Gasteiger charge is -2.32. The molecule has 1 saturated carbocycles. The van der Waals surface area contributed by atoms with Gasteiger partial charge in [0.2, 0.25) is 0 Å². The van der Waals surface area contributed by atoms with Gasteiger partial charge in [-0.25, -0.2) is 4.39 Å². The summed E-state index contributed by atoms with van der Waals surface area (Å²) in [6.07, 6.45) is 1.36. The Morgan fingerprint density at radius 2 is 1.68 bits per heavy atom. The fourth-order valence-corrected chi connectivity index (χ4v) is 6.79. The summed E-state index contributed by atoms with van der Waals surface area (Å²) in [6, 6.07) is 6.93. The standard InChI is InChI=1S/C22H21BClFO4S2/c1-20(2)21(3,4)29-23(28-20)12-8-13(24)11(7-14(12)25)15-9-16-17(30-15)10-18(31-16)22(5-6-22)19(26)27/h7-10H,5-6H2,1-4H3,(H,26,27). The molecule has 0 amide bonds. The molecule has 0 radical (unpaired) electrons. The number of rotatable bonds is 4. The highest BCUT2D eigenvalue weighted by Crippen LogP contribution is 2.53. The van der Waals surface area contributed by atoms with E-state index in [0.717, 1.165) is 19.2 Å². The molecule has 1 aliphatic carbocycles. The molecule has 31 heavy (non-hydrogen) atoms. The van der Waals surface area contributed by atoms with Crippen molar-refractivity contribution in [2.45, 2.75) is 57.2 Å². The van der Waals surface area contributed by atoms with Crippen LogP contribution in [-0.4, -0.2) is 29.4 Å². The number of aliphatic carboxylic acids is 1. The Balaban J connectivity index is 1.48. The highest BCUT2D eigenvalue weighted by atomic mass is 35.5. The molecule has 1 aliphatic heterocycles. The molecule has 0 atom stereocenters. The van der Waals surface area contributed by atoms with Gasteiger partial charge in [0.1, 0.15) is 11.2 Å². The van der Waals surface area contributed by atoms with E-state index >= 15 is 4.39 Å². The van der Waals surface area contributed by atoms with Gasteiger partial charge in [-0.15, -0.1) is 22.7 Å². The number of carboxylic acid groups (broad SMARTS) is 1. The first kappa shape index (κ1) is 21.4. The number of carboxylic acids is 1. The molecule has 0 bridgehead atoms. The Kier molecular flexibility index (Phi) is 4.68. The summed E-state index contributed by atoms with van der Waals surface area (Å²) < 4.78 is 29.0. The van der Waals surface area contributed by atoms with Crippen LogP contribution in [0.4, 0.5) is 4.39 Å². The minimum atomic E-state index is -0.823. The van der Waals surface area contributed by atoms with Gasteiger partial charge in [0, 0.05) is 35.2 Å². The first-order valence-corrected chi connectivity index (χ1v) is 12.1. The number of thiophene rings is 2. The smallest absolute Gasteiger partial charge is 0.481 e. The van der Waals surface area contributed by atoms with Gasteiger partial charge in [0.15, 0.2) is 0 Å². The van der Waals surface area contributed by atoms with Crippen molar-refractivity contribution in [1.29, 1.82) is 0 Å². The first-order valence-electron chi connectivity index (χ1n) is 10.1. The highest BCUT2D eigenvalue weighted by molar-refractivity contribution is 7.29. The molecule has 2 aromatic heterocycles. The van der Waals surface area contributed by atoms with Crippen LogP contribution in [0.15, 0.2) is 24.3 Å². The van der Waals surface area contributed by atoms with Gasteiger partial charge in [-0.1, -0.05) is 11.6 Å². The minimum absolute atomic E-state index is 0.283. The maximum Gasteiger partial charge on any atom is 0.497 e. The first-order chi connectivity index (χ1) is 14.4. The van der Waals surface area contributed by atoms with Crippen molar-refractivity contribution < 1.29 is 23.6 Å². The number of halogens is 2. The zero-order valence-electron chi connectivity index (χ0n) is 17.5. The van der Waals surface area contributed by atoms with Gasteiger partial charge in [-0.05, 0) is 64.8 Å². The van der Waals surface area contributed by atoms with Crippen molar-refractivity contribution in [1.82, 2.24) is 0 Å². The zero-order chi connectivity index (χ0) is 22.3. The highest BCUT2D eigenvalue weighted by Gasteiger charge is 2.53. The molecule has 1 saturated heterocycles. The lowest BCUT2D eigenvalue weighted by atomic mass is 9.78. The van der Waals surface area contributed by atoms with E-state index in [4.69, 9.17) is 20.9 Å². The van der Waals surface area contributed by atoms with Crippen molar-refractivity contribution in [2.24, 2.45) is 0 Å². The van der Waals surface area contributed by atoms with Crippen molar-refractivity contribution >= 4 is 62.2 Å². The topological polar surface area (TPSA) is 55.8 Å². The quantitative estimate of drug-likeness (QED) is 0.479. The third-order valence-electron chi connectivity index (χ3n) is 6.70. The average molecular weight is 479 g/mol. The van der Waals surface area contributed by atoms with Crippen LogP contribution in [0.3, 0.4) is 0 Å². The van der Waals surface area contributed by atoms with E-state index in [1.807, 2.05) is 39.8 Å². The monoisotopic (exact) mass is 478 g/mol. The number of hydrogen-bond acceptors (Lipinski definition) is 5. The van der Waals surface area contributed by atoms with Gasteiger partial charge in [0.05, 0.1) is 11.2 Å². The number of hydrogen-bond donors (Lipinski definition) is 1. The van der Waals surface area contributed by atoms with Crippen LogP contribution in [0.2, 0.25) is 5.02 Å². The Morgan fingerprint density at radius 1 is 1.06 bits per heavy atom. The predicted molar refractivity (Wildman–Crippen MR) is 124 cm³/mol. The van der Waals surface area contributed by atoms with E-state index in [2.05, 4.69) is 0 Å². The Morgan fingerprint density at radius 3 is 2.23 bits per heavy atom. The van der Waals surface area contributed by atoms with Gasteiger partial charge < -0.3 is 14.4 Å². The molecule has 4 nitrogen and oxygen atoms in total. The molecule has 0 spiro atoms. The summed E-state index contributed by atoms with van der Waals surface area (Å²) >= 11 is 9.55. The van der Waals surface area contributed by atoms with Crippen LogP contribution < -0.4 is 5.46 Å². The summed E-state index contributed by atoms with van der Waals surface area (Å²) in [5.74, 6) is -1.19. The summed E-state index contributed by atoms with van der Waals surface area (Å²) in [6.45, 7) is 7.68. The summed E-state index contributed by atoms with van der Waals surface area (Å²) in [4.78, 5) is 13.3. The lowest BCUT2D eigenvalue weighted by molar-refractivity contribution is -0.139. The van der Waals surface area contributed by atoms with Crippen LogP contribution in [-0.2, 0) is 19.5 Å². The second kappa shape index (κ2) is 6.78. The molecule has 3 aromatic rings. The second-order valence-electron chi connectivity index (χ2n) is 9.28. The third-order valence-corrected chi connectivity index (χ3v) is 9.54. The van der Waals surface area contributed by atoms with Crippen molar-refractivity contribution in [3.63, 3.8) is 0 Å². The van der Waals surface area contributed by atoms with Crippen LogP contribution >= 0.6 is 34.3 Å². The summed E-state index contributed by atoms with van der Waals surface area (Å²) in [5.41, 5.74) is -0.962. The largest absolute Gasteiger partial charge is 0.497 e. The molecule has 3 heterocycles. The average Bonchev–Trinajstić information content (AvgIpc) is 3.16. The molecule has 0 unspecified atom stereocenters. The van der Waals surface area contributed by atoms with E-state index in [9.17, 15) is 9.90 Å². The second-order valence-corrected chi connectivity index (χ2v) is 11.9. The number of fused-ring (bicyclic) bond motifs is 1. The molecule has 9 heteroatoms. The van der Waals surface area contributed by atoms with Gasteiger partial charge in [-0.2, -0.15) is 0 Å². The molecule has 162 valence electrons. The third kappa shape index (κ3) is 3.26. The van der Waals surface area contributed by atoms with Crippen molar-refractivity contribution in [3.8, 4) is 10.4 Å². The molecular weight excluding hydrogens is 458 g/mol. The van der Waals surface area contributed by atoms with Crippen molar-refractivity contribution in [3.05, 3.63) is 40.0 Å². The van der Waals surface area contributed by atoms with Gasteiger partial charge in [-0.3, -0.25) is 4.79 Å². The normalized spacial score (nSPS) is 21.0. The number of benzene rings is 1. The Hall–Kier alpha value is -1.45. The van der Waals surface area contributed by atoms with E-state index in [0.29, 0.717) is 23.4 Å². The number of carbonyl (C=O) groups is 1. The van der Waals surface area contributed by atoms with E-state index < -0.39 is 35.5 Å². The molecule has 5 rings (SSSR count). The molecule has 1 aromatic carbocycles. The van der Waals surface area contributed by atoms with E-state index in [-0.39, 0.29) is 5.46 Å². The lowest BCUT2D eigenvalue weighted by Crippen LogP contribution is -2.41. The Bertz CT molecular complexity index is 1180. The van der Waals surface area contributed by atoms with Crippen LogP contribution in [0.25, 0.3) is 19.8 Å². The Labute approximate surface area is 193 Å². The molecule has 2 fully saturated rings. The van der Waals surface area contributed by atoms with Gasteiger partial charge in [0.25, 0.3) is 0 Å². The molecule has 2 aliphatic rings. The van der Waals surface area contributed by atoms with Crippen molar-refractivity contribution in [2.75, 3.05) is 0 Å². The van der Waals surface area contributed by atoms with E-state index in [1.54, 1.807) is 6.07 Å². The predicted octanol–water partition coefficient (Wildman–Crippen LogP) is 5.84. The van der Waals surface area contributed by atoms with Gasteiger partial charge >= 0.3 is 13.1 Å². The van der Waals surface area contributed by atoms with E-state index in [1.165, 1.54) is 28.7 Å². The SMILES string of the molecule is CC1(C)OB(c2cc(Cl)c(-c3cc4sc(C5(C(=O)O)CC5)cc4s3)cc2F)OC1(C)C. The maximum absolute atomic E-state index is 15.1. The van der Waals surface area contributed by atoms with Crippen LogP contribution in [0.1, 0.15) is 45.4 Å².